The van der Waals surface area contributed by atoms with Crippen LogP contribution in [0.15, 0.2) is 54.7 Å². The van der Waals surface area contributed by atoms with E-state index in [9.17, 15) is 4.79 Å². The monoisotopic (exact) mass is 420 g/mol. The van der Waals surface area contributed by atoms with Gasteiger partial charge in [-0.3, -0.25) is 14.7 Å². The first kappa shape index (κ1) is 22.0. The Hall–Kier alpha value is -2.24. The van der Waals surface area contributed by atoms with Gasteiger partial charge in [-0.25, -0.2) is 0 Å². The van der Waals surface area contributed by atoms with Crippen LogP contribution in [0.3, 0.4) is 0 Å². The maximum Gasteiger partial charge on any atom is 0.222 e. The van der Waals surface area contributed by atoms with Gasteiger partial charge in [-0.05, 0) is 55.3 Å². The topological polar surface area (TPSA) is 48.5 Å². The van der Waals surface area contributed by atoms with E-state index in [2.05, 4.69) is 45.5 Å². The molecule has 2 unspecified atom stereocenters. The van der Waals surface area contributed by atoms with Gasteiger partial charge >= 0.3 is 0 Å². The van der Waals surface area contributed by atoms with E-state index in [0.717, 1.165) is 50.5 Å². The van der Waals surface area contributed by atoms with E-state index in [1.165, 1.54) is 25.1 Å². The van der Waals surface area contributed by atoms with E-state index in [0.29, 0.717) is 18.4 Å². The van der Waals surface area contributed by atoms with Crippen LogP contribution in [0.4, 0.5) is 0 Å². The Labute approximate surface area is 186 Å². The summed E-state index contributed by atoms with van der Waals surface area (Å²) in [5, 5.41) is 3.80. The summed E-state index contributed by atoms with van der Waals surface area (Å²) < 4.78 is 0. The van der Waals surface area contributed by atoms with Crippen LogP contribution in [0, 0.1) is 11.8 Å². The van der Waals surface area contributed by atoms with Crippen molar-refractivity contribution in [2.24, 2.45) is 11.8 Å². The highest BCUT2D eigenvalue weighted by Gasteiger charge is 2.36. The molecule has 2 fully saturated rings. The molecular formula is C26H36N4O. The van der Waals surface area contributed by atoms with Crippen molar-refractivity contribution in [1.82, 2.24) is 20.1 Å². The zero-order valence-electron chi connectivity index (χ0n) is 18.7. The lowest BCUT2D eigenvalue weighted by Gasteiger charge is -2.46. The van der Waals surface area contributed by atoms with Crippen molar-refractivity contribution in [3.63, 3.8) is 0 Å². The molecule has 5 nitrogen and oxygen atoms in total. The molecule has 2 aliphatic heterocycles. The van der Waals surface area contributed by atoms with Crippen LogP contribution in [0.2, 0.25) is 0 Å². The number of hydrogen-bond acceptors (Lipinski definition) is 4. The average Bonchev–Trinajstić information content (AvgIpc) is 2.80. The van der Waals surface area contributed by atoms with Gasteiger partial charge in [0, 0.05) is 64.0 Å². The summed E-state index contributed by atoms with van der Waals surface area (Å²) in [5.74, 6) is 1.71. The smallest absolute Gasteiger partial charge is 0.222 e. The molecule has 1 N–H and O–H groups in total. The van der Waals surface area contributed by atoms with Crippen molar-refractivity contribution < 1.29 is 4.79 Å². The summed E-state index contributed by atoms with van der Waals surface area (Å²) in [5.41, 5.74) is 2.45. The van der Waals surface area contributed by atoms with Crippen LogP contribution in [-0.2, 0) is 17.8 Å². The number of piperidine rings is 2. The number of likely N-dealkylation sites (tertiary alicyclic amines) is 1. The number of aromatic nitrogens is 1. The molecule has 2 saturated heterocycles. The number of carbonyl (C=O) groups excluding carboxylic acids is 1. The standard InChI is InChI=1S/C26H36N4O/c1-29(15-13-24-10-5-6-14-27-24)26(31)12-7-11-25-23-16-22(17-28-25)19-30(20-23)18-21-8-3-2-4-9-21/h2-6,8-10,14,22-23,25,28H,7,11-13,15-20H2,1H3/t22?,23?,25-/m1/s1. The number of nitrogens with zero attached hydrogens (tertiary/aromatic N) is 3. The van der Waals surface area contributed by atoms with Crippen molar-refractivity contribution in [3.05, 3.63) is 66.0 Å². The second-order valence-electron chi connectivity index (χ2n) is 9.33. The number of rotatable bonds is 9. The maximum absolute atomic E-state index is 12.6. The van der Waals surface area contributed by atoms with Gasteiger partial charge in [0.15, 0.2) is 0 Å². The van der Waals surface area contributed by atoms with E-state index in [4.69, 9.17) is 0 Å². The van der Waals surface area contributed by atoms with Crippen LogP contribution < -0.4 is 5.32 Å². The minimum atomic E-state index is 0.249. The number of benzene rings is 1. The molecule has 0 radical (unpaired) electrons. The Kier molecular flexibility index (Phi) is 7.71. The molecule has 1 aromatic carbocycles. The number of hydrogen-bond donors (Lipinski definition) is 1. The SMILES string of the molecule is CN(CCc1ccccn1)C(=O)CCC[C@H]1NCC2CC1CN(Cc1ccccc1)C2. The van der Waals surface area contributed by atoms with E-state index < -0.39 is 0 Å². The van der Waals surface area contributed by atoms with Crippen LogP contribution >= 0.6 is 0 Å². The Bertz CT molecular complexity index is 813. The molecule has 2 bridgehead atoms. The number of amides is 1. The highest BCUT2D eigenvalue weighted by molar-refractivity contribution is 5.75. The molecular weight excluding hydrogens is 384 g/mol. The molecule has 3 atom stereocenters. The van der Waals surface area contributed by atoms with Crippen molar-refractivity contribution in [3.8, 4) is 0 Å². The Balaban J connectivity index is 1.19. The van der Waals surface area contributed by atoms with Gasteiger partial charge in [-0.1, -0.05) is 36.4 Å². The Morgan fingerprint density at radius 1 is 1.16 bits per heavy atom. The van der Waals surface area contributed by atoms with E-state index in [1.54, 1.807) is 0 Å². The van der Waals surface area contributed by atoms with Gasteiger partial charge in [0.05, 0.1) is 0 Å². The highest BCUT2D eigenvalue weighted by Crippen LogP contribution is 2.31. The van der Waals surface area contributed by atoms with Crippen LogP contribution in [0.25, 0.3) is 0 Å². The number of carbonyl (C=O) groups is 1. The summed E-state index contributed by atoms with van der Waals surface area (Å²) in [4.78, 5) is 21.4. The molecule has 166 valence electrons. The number of nitrogens with one attached hydrogen (secondary N) is 1. The average molecular weight is 421 g/mol. The minimum absolute atomic E-state index is 0.249. The zero-order chi connectivity index (χ0) is 21.5. The number of pyridine rings is 1. The third-order valence-corrected chi connectivity index (χ3v) is 6.89. The van der Waals surface area contributed by atoms with Crippen molar-refractivity contribution >= 4 is 5.91 Å². The van der Waals surface area contributed by atoms with Gasteiger partial charge in [0.1, 0.15) is 0 Å². The second-order valence-corrected chi connectivity index (χ2v) is 9.33. The lowest BCUT2D eigenvalue weighted by atomic mass is 9.79. The van der Waals surface area contributed by atoms with Crippen LogP contribution in [0.5, 0.6) is 0 Å². The minimum Gasteiger partial charge on any atom is -0.345 e. The lowest BCUT2D eigenvalue weighted by molar-refractivity contribution is -0.130. The fourth-order valence-electron chi connectivity index (χ4n) is 5.20. The normalized spacial score (nSPS) is 23.5. The molecule has 0 saturated carbocycles. The number of fused-ring (bicyclic) bond motifs is 2. The Morgan fingerprint density at radius 3 is 2.81 bits per heavy atom. The third kappa shape index (κ3) is 6.37. The van der Waals surface area contributed by atoms with E-state index >= 15 is 0 Å². The fraction of sp³-hybridized carbons (Fsp3) is 0.538. The summed E-state index contributed by atoms with van der Waals surface area (Å²) in [6, 6.07) is 17.3. The molecule has 1 aromatic heterocycles. The molecule has 1 amide bonds. The molecule has 0 spiro atoms. The summed E-state index contributed by atoms with van der Waals surface area (Å²) in [7, 11) is 1.91. The molecule has 3 heterocycles. The third-order valence-electron chi connectivity index (χ3n) is 6.89. The summed E-state index contributed by atoms with van der Waals surface area (Å²) in [6.07, 6.45) is 6.65. The lowest BCUT2D eigenvalue weighted by Crippen LogP contribution is -2.55. The number of likely N-dealkylation sites (N-methyl/N-ethyl adjacent to an activating group) is 1. The first-order valence-corrected chi connectivity index (χ1v) is 11.8. The maximum atomic E-state index is 12.6. The van der Waals surface area contributed by atoms with Crippen molar-refractivity contribution in [2.75, 3.05) is 33.2 Å². The van der Waals surface area contributed by atoms with E-state index in [-0.39, 0.29) is 5.91 Å². The highest BCUT2D eigenvalue weighted by atomic mass is 16.2. The van der Waals surface area contributed by atoms with Crippen LogP contribution in [-0.4, -0.2) is 60.0 Å². The quantitative estimate of drug-likeness (QED) is 0.676. The molecule has 0 aliphatic carbocycles. The van der Waals surface area contributed by atoms with Crippen molar-refractivity contribution in [2.45, 2.75) is 44.7 Å². The van der Waals surface area contributed by atoms with Gasteiger partial charge in [0.2, 0.25) is 5.91 Å². The van der Waals surface area contributed by atoms with Gasteiger partial charge < -0.3 is 10.2 Å². The predicted molar refractivity (Wildman–Crippen MR) is 125 cm³/mol. The summed E-state index contributed by atoms with van der Waals surface area (Å²) >= 11 is 0. The molecule has 2 aliphatic rings. The van der Waals surface area contributed by atoms with Gasteiger partial charge in [0.25, 0.3) is 0 Å². The molecule has 4 rings (SSSR count). The zero-order valence-corrected chi connectivity index (χ0v) is 18.7. The predicted octanol–water partition coefficient (Wildman–Crippen LogP) is 3.36. The fourth-order valence-corrected chi connectivity index (χ4v) is 5.20. The molecule has 2 aromatic rings. The van der Waals surface area contributed by atoms with Crippen LogP contribution in [0.1, 0.15) is 36.9 Å². The largest absolute Gasteiger partial charge is 0.345 e. The second kappa shape index (κ2) is 10.9. The van der Waals surface area contributed by atoms with Gasteiger partial charge in [-0.2, -0.15) is 0 Å². The summed E-state index contributed by atoms with van der Waals surface area (Å²) in [6.45, 7) is 5.27. The molecule has 5 heteroatoms. The first-order chi connectivity index (χ1) is 15.2. The Morgan fingerprint density at radius 2 is 2.00 bits per heavy atom. The van der Waals surface area contributed by atoms with E-state index in [1.807, 2.05) is 36.3 Å². The van der Waals surface area contributed by atoms with Gasteiger partial charge in [-0.15, -0.1) is 0 Å². The first-order valence-electron chi connectivity index (χ1n) is 11.8. The molecule has 31 heavy (non-hydrogen) atoms. The van der Waals surface area contributed by atoms with Crippen molar-refractivity contribution in [1.29, 1.82) is 0 Å².